The van der Waals surface area contributed by atoms with Crippen molar-refractivity contribution in [1.82, 2.24) is 15.1 Å². The summed E-state index contributed by atoms with van der Waals surface area (Å²) in [6.07, 6.45) is 6.98. The fraction of sp³-hybridized carbons (Fsp3) is 0.143. The van der Waals surface area contributed by atoms with Crippen LogP contribution in [-0.4, -0.2) is 22.2 Å². The van der Waals surface area contributed by atoms with Gasteiger partial charge in [0.25, 0.3) is 5.91 Å². The standard InChI is InChI=1S/C14H12ClN3O2S/c15-13-2-1-12(21-13)14(19)16-4-5-18-8-11(7-17-18)10-3-6-20-9-10/h1-3,6-9H,4-5H2,(H,16,19). The maximum Gasteiger partial charge on any atom is 0.261 e. The number of carbonyl (C=O) groups excluding carboxylic acids is 1. The lowest BCUT2D eigenvalue weighted by molar-refractivity contribution is 0.0956. The first-order chi connectivity index (χ1) is 10.2. The van der Waals surface area contributed by atoms with Crippen LogP contribution in [0.25, 0.3) is 11.1 Å². The van der Waals surface area contributed by atoms with Crippen LogP contribution in [0, 0.1) is 0 Å². The average molecular weight is 322 g/mol. The predicted octanol–water partition coefficient (Wildman–Crippen LogP) is 3.29. The van der Waals surface area contributed by atoms with Crippen molar-refractivity contribution in [3.8, 4) is 11.1 Å². The fourth-order valence-electron chi connectivity index (χ4n) is 1.87. The molecule has 0 aromatic carbocycles. The number of thiophene rings is 1. The minimum atomic E-state index is -0.117. The lowest BCUT2D eigenvalue weighted by atomic mass is 10.2. The Labute approximate surface area is 130 Å². The number of furan rings is 1. The molecule has 21 heavy (non-hydrogen) atoms. The molecule has 0 fully saturated rings. The fourth-order valence-corrected chi connectivity index (χ4v) is 2.83. The van der Waals surface area contributed by atoms with E-state index in [2.05, 4.69) is 10.4 Å². The smallest absolute Gasteiger partial charge is 0.261 e. The van der Waals surface area contributed by atoms with Gasteiger partial charge in [-0.15, -0.1) is 11.3 Å². The predicted molar refractivity (Wildman–Crippen MR) is 81.6 cm³/mol. The van der Waals surface area contributed by atoms with Gasteiger partial charge >= 0.3 is 0 Å². The number of nitrogens with zero attached hydrogens (tertiary/aromatic N) is 2. The number of rotatable bonds is 5. The molecule has 1 amide bonds. The van der Waals surface area contributed by atoms with Crippen LogP contribution in [0.1, 0.15) is 9.67 Å². The second-order valence-corrected chi connectivity index (χ2v) is 6.08. The van der Waals surface area contributed by atoms with Crippen LogP contribution < -0.4 is 5.32 Å². The van der Waals surface area contributed by atoms with Gasteiger partial charge in [0.05, 0.1) is 34.5 Å². The van der Waals surface area contributed by atoms with E-state index < -0.39 is 0 Å². The molecule has 3 aromatic heterocycles. The van der Waals surface area contributed by atoms with Crippen LogP contribution in [0.4, 0.5) is 0 Å². The Morgan fingerprint density at radius 1 is 1.38 bits per heavy atom. The van der Waals surface area contributed by atoms with Gasteiger partial charge in [-0.1, -0.05) is 11.6 Å². The molecule has 3 aromatic rings. The van der Waals surface area contributed by atoms with E-state index >= 15 is 0 Å². The van der Waals surface area contributed by atoms with Gasteiger partial charge in [-0.3, -0.25) is 9.48 Å². The zero-order valence-corrected chi connectivity index (χ0v) is 12.5. The van der Waals surface area contributed by atoms with Gasteiger partial charge in [0, 0.05) is 23.9 Å². The molecule has 0 aliphatic carbocycles. The van der Waals surface area contributed by atoms with E-state index in [4.69, 9.17) is 16.0 Å². The van der Waals surface area contributed by atoms with Crippen LogP contribution in [0.5, 0.6) is 0 Å². The summed E-state index contributed by atoms with van der Waals surface area (Å²) in [5, 5.41) is 7.09. The second kappa shape index (κ2) is 6.15. The first-order valence-electron chi connectivity index (χ1n) is 6.31. The van der Waals surface area contributed by atoms with E-state index in [9.17, 15) is 4.79 Å². The molecule has 0 aliphatic rings. The minimum Gasteiger partial charge on any atom is -0.472 e. The van der Waals surface area contributed by atoms with Gasteiger partial charge in [-0.25, -0.2) is 0 Å². The summed E-state index contributed by atoms with van der Waals surface area (Å²) in [5.74, 6) is -0.117. The number of hydrogen-bond donors (Lipinski definition) is 1. The minimum absolute atomic E-state index is 0.117. The molecule has 0 spiro atoms. The molecule has 3 heterocycles. The molecule has 0 bridgehead atoms. The van der Waals surface area contributed by atoms with Crippen molar-refractivity contribution in [3.63, 3.8) is 0 Å². The number of hydrogen-bond acceptors (Lipinski definition) is 4. The van der Waals surface area contributed by atoms with Crippen molar-refractivity contribution in [2.45, 2.75) is 6.54 Å². The van der Waals surface area contributed by atoms with Crippen LogP contribution >= 0.6 is 22.9 Å². The molecule has 0 unspecified atom stereocenters. The SMILES string of the molecule is O=C(NCCn1cc(-c2ccoc2)cn1)c1ccc(Cl)s1. The highest BCUT2D eigenvalue weighted by Gasteiger charge is 2.08. The maximum absolute atomic E-state index is 11.8. The number of amides is 1. The number of nitrogens with one attached hydrogen (secondary N) is 1. The summed E-state index contributed by atoms with van der Waals surface area (Å²) in [6.45, 7) is 1.10. The molecule has 108 valence electrons. The summed E-state index contributed by atoms with van der Waals surface area (Å²) in [7, 11) is 0. The van der Waals surface area contributed by atoms with E-state index in [0.717, 1.165) is 11.1 Å². The zero-order chi connectivity index (χ0) is 14.7. The summed E-state index contributed by atoms with van der Waals surface area (Å²) < 4.78 is 7.43. The lowest BCUT2D eigenvalue weighted by Crippen LogP contribution is -2.26. The Morgan fingerprint density at radius 2 is 2.29 bits per heavy atom. The van der Waals surface area contributed by atoms with Gasteiger partial charge in [0.2, 0.25) is 0 Å². The molecule has 0 saturated heterocycles. The van der Waals surface area contributed by atoms with Crippen molar-refractivity contribution in [1.29, 1.82) is 0 Å². The van der Waals surface area contributed by atoms with Crippen LogP contribution in [0.15, 0.2) is 47.5 Å². The molecule has 1 N–H and O–H groups in total. The largest absolute Gasteiger partial charge is 0.472 e. The summed E-state index contributed by atoms with van der Waals surface area (Å²) in [5.41, 5.74) is 1.97. The van der Waals surface area contributed by atoms with Crippen LogP contribution in [0.3, 0.4) is 0 Å². The average Bonchev–Trinajstić information content (AvgIpc) is 3.19. The van der Waals surface area contributed by atoms with Gasteiger partial charge in [0.1, 0.15) is 0 Å². The molecule has 5 nitrogen and oxygen atoms in total. The van der Waals surface area contributed by atoms with E-state index in [-0.39, 0.29) is 5.91 Å². The highest BCUT2D eigenvalue weighted by Crippen LogP contribution is 2.21. The molecule has 7 heteroatoms. The zero-order valence-electron chi connectivity index (χ0n) is 11.0. The third kappa shape index (κ3) is 3.34. The van der Waals surface area contributed by atoms with Crippen molar-refractivity contribution >= 4 is 28.8 Å². The molecular formula is C14H12ClN3O2S. The third-order valence-corrected chi connectivity index (χ3v) is 4.14. The van der Waals surface area contributed by atoms with Crippen LogP contribution in [-0.2, 0) is 6.54 Å². The normalized spacial score (nSPS) is 10.7. The number of carbonyl (C=O) groups is 1. The summed E-state index contributed by atoms with van der Waals surface area (Å²) >= 11 is 7.07. The summed E-state index contributed by atoms with van der Waals surface area (Å²) in [6, 6.07) is 5.31. The lowest BCUT2D eigenvalue weighted by Gasteiger charge is -2.03. The highest BCUT2D eigenvalue weighted by molar-refractivity contribution is 7.17. The Balaban J connectivity index is 1.53. The first kappa shape index (κ1) is 13.9. The third-order valence-electron chi connectivity index (χ3n) is 2.91. The van der Waals surface area contributed by atoms with Gasteiger partial charge in [-0.2, -0.15) is 5.10 Å². The molecule has 0 radical (unpaired) electrons. The Morgan fingerprint density at radius 3 is 3.00 bits per heavy atom. The Bertz CT molecular complexity index is 733. The molecule has 0 saturated carbocycles. The summed E-state index contributed by atoms with van der Waals surface area (Å²) in [4.78, 5) is 12.4. The molecule has 0 atom stereocenters. The van der Waals surface area contributed by atoms with E-state index in [1.54, 1.807) is 35.5 Å². The van der Waals surface area contributed by atoms with E-state index in [0.29, 0.717) is 22.3 Å². The van der Waals surface area contributed by atoms with Crippen LogP contribution in [0.2, 0.25) is 4.34 Å². The van der Waals surface area contributed by atoms with Gasteiger partial charge in [0.15, 0.2) is 0 Å². The van der Waals surface area contributed by atoms with Gasteiger partial charge in [-0.05, 0) is 18.2 Å². The van der Waals surface area contributed by atoms with Crippen molar-refractivity contribution < 1.29 is 9.21 Å². The highest BCUT2D eigenvalue weighted by atomic mass is 35.5. The Hall–Kier alpha value is -2.05. The molecule has 3 rings (SSSR count). The first-order valence-corrected chi connectivity index (χ1v) is 7.50. The van der Waals surface area contributed by atoms with Crippen molar-refractivity contribution in [3.05, 3.63) is 52.3 Å². The topological polar surface area (TPSA) is 60.1 Å². The second-order valence-electron chi connectivity index (χ2n) is 4.36. The van der Waals surface area contributed by atoms with Crippen molar-refractivity contribution in [2.24, 2.45) is 0 Å². The number of aromatic nitrogens is 2. The molecular weight excluding hydrogens is 310 g/mol. The van der Waals surface area contributed by atoms with E-state index in [1.165, 1.54) is 11.3 Å². The van der Waals surface area contributed by atoms with E-state index in [1.807, 2.05) is 12.3 Å². The maximum atomic E-state index is 11.8. The quantitative estimate of drug-likeness (QED) is 0.784. The Kier molecular flexibility index (Phi) is 4.08. The number of halogens is 1. The molecule has 0 aliphatic heterocycles. The monoisotopic (exact) mass is 321 g/mol. The van der Waals surface area contributed by atoms with Gasteiger partial charge < -0.3 is 9.73 Å². The van der Waals surface area contributed by atoms with Crippen molar-refractivity contribution in [2.75, 3.05) is 6.54 Å².